The van der Waals surface area contributed by atoms with E-state index in [0.29, 0.717) is 31.1 Å². The van der Waals surface area contributed by atoms with Crippen molar-refractivity contribution in [1.82, 2.24) is 20.4 Å². The zero-order valence-electron chi connectivity index (χ0n) is 15.1. The summed E-state index contributed by atoms with van der Waals surface area (Å²) in [4.78, 5) is 20.7. The van der Waals surface area contributed by atoms with Gasteiger partial charge in [0.2, 0.25) is 17.6 Å². The molecule has 2 aromatic heterocycles. The SMILES string of the molecule is O=C(CCc1nc(-c2cccnc2)no1)NCC1(c2ccccc2)CCC1. The first-order valence-electron chi connectivity index (χ1n) is 9.30. The van der Waals surface area contributed by atoms with Crippen LogP contribution in [0.25, 0.3) is 11.4 Å². The van der Waals surface area contributed by atoms with Crippen LogP contribution in [0.2, 0.25) is 0 Å². The van der Waals surface area contributed by atoms with Gasteiger partial charge in [-0.15, -0.1) is 0 Å². The summed E-state index contributed by atoms with van der Waals surface area (Å²) in [5.41, 5.74) is 2.20. The van der Waals surface area contributed by atoms with Gasteiger partial charge in [0.1, 0.15) is 0 Å². The summed E-state index contributed by atoms with van der Waals surface area (Å²) in [7, 11) is 0. The second-order valence-corrected chi connectivity index (χ2v) is 7.03. The predicted molar refractivity (Wildman–Crippen MR) is 101 cm³/mol. The topological polar surface area (TPSA) is 80.9 Å². The normalized spacial score (nSPS) is 15.1. The highest BCUT2D eigenvalue weighted by molar-refractivity contribution is 5.76. The van der Waals surface area contributed by atoms with Crippen LogP contribution >= 0.6 is 0 Å². The molecule has 0 saturated heterocycles. The van der Waals surface area contributed by atoms with Gasteiger partial charge in [0.25, 0.3) is 0 Å². The highest BCUT2D eigenvalue weighted by atomic mass is 16.5. The molecular weight excluding hydrogens is 340 g/mol. The molecule has 27 heavy (non-hydrogen) atoms. The van der Waals surface area contributed by atoms with E-state index in [9.17, 15) is 4.79 Å². The van der Waals surface area contributed by atoms with Crippen LogP contribution in [-0.4, -0.2) is 27.6 Å². The van der Waals surface area contributed by atoms with Crippen LogP contribution in [0.15, 0.2) is 59.4 Å². The van der Waals surface area contributed by atoms with Crippen LogP contribution in [-0.2, 0) is 16.6 Å². The highest BCUT2D eigenvalue weighted by Crippen LogP contribution is 2.43. The van der Waals surface area contributed by atoms with Crippen LogP contribution in [0.1, 0.15) is 37.1 Å². The zero-order chi connectivity index (χ0) is 18.5. The lowest BCUT2D eigenvalue weighted by molar-refractivity contribution is -0.121. The summed E-state index contributed by atoms with van der Waals surface area (Å²) in [6, 6.07) is 14.2. The fourth-order valence-corrected chi connectivity index (χ4v) is 3.51. The molecule has 6 heteroatoms. The van der Waals surface area contributed by atoms with Crippen LogP contribution in [0, 0.1) is 0 Å². The Balaban J connectivity index is 1.30. The van der Waals surface area contributed by atoms with Gasteiger partial charge < -0.3 is 9.84 Å². The average molecular weight is 362 g/mol. The number of nitrogens with zero attached hydrogens (tertiary/aromatic N) is 3. The van der Waals surface area contributed by atoms with Gasteiger partial charge in [-0.3, -0.25) is 9.78 Å². The van der Waals surface area contributed by atoms with E-state index in [1.165, 1.54) is 12.0 Å². The molecule has 1 aliphatic rings. The maximum absolute atomic E-state index is 12.3. The Labute approximate surface area is 158 Å². The third-order valence-corrected chi connectivity index (χ3v) is 5.27. The van der Waals surface area contributed by atoms with Crippen LogP contribution in [0.3, 0.4) is 0 Å². The van der Waals surface area contributed by atoms with Crippen molar-refractivity contribution in [3.63, 3.8) is 0 Å². The lowest BCUT2D eigenvalue weighted by atomic mass is 9.64. The molecule has 0 unspecified atom stereocenters. The smallest absolute Gasteiger partial charge is 0.227 e. The van der Waals surface area contributed by atoms with E-state index in [2.05, 4.69) is 44.7 Å². The van der Waals surface area contributed by atoms with Gasteiger partial charge in [-0.05, 0) is 30.5 Å². The number of carbonyl (C=O) groups excluding carboxylic acids is 1. The van der Waals surface area contributed by atoms with Crippen molar-refractivity contribution < 1.29 is 9.32 Å². The summed E-state index contributed by atoms with van der Waals surface area (Å²) in [6.45, 7) is 0.681. The second kappa shape index (κ2) is 7.70. The zero-order valence-corrected chi connectivity index (χ0v) is 15.1. The van der Waals surface area contributed by atoms with Crippen LogP contribution in [0.5, 0.6) is 0 Å². The largest absolute Gasteiger partial charge is 0.355 e. The third kappa shape index (κ3) is 3.89. The molecule has 1 aliphatic carbocycles. The average Bonchev–Trinajstić information content (AvgIpc) is 3.16. The molecule has 0 spiro atoms. The number of benzene rings is 1. The minimum absolute atomic E-state index is 0.0123. The molecule has 0 atom stereocenters. The molecule has 0 radical (unpaired) electrons. The summed E-state index contributed by atoms with van der Waals surface area (Å²) in [5.74, 6) is 0.972. The van der Waals surface area contributed by atoms with Gasteiger partial charge in [-0.25, -0.2) is 0 Å². The molecular formula is C21H22N4O2. The third-order valence-electron chi connectivity index (χ3n) is 5.27. The molecule has 138 valence electrons. The van der Waals surface area contributed by atoms with Crippen molar-refractivity contribution in [2.24, 2.45) is 0 Å². The van der Waals surface area contributed by atoms with Crippen LogP contribution in [0.4, 0.5) is 0 Å². The summed E-state index contributed by atoms with van der Waals surface area (Å²) >= 11 is 0. The summed E-state index contributed by atoms with van der Waals surface area (Å²) in [6.07, 6.45) is 7.59. The van der Waals surface area contributed by atoms with E-state index in [-0.39, 0.29) is 11.3 Å². The first-order valence-corrected chi connectivity index (χ1v) is 9.30. The molecule has 1 N–H and O–H groups in total. The lowest BCUT2D eigenvalue weighted by Crippen LogP contribution is -2.45. The molecule has 1 saturated carbocycles. The second-order valence-electron chi connectivity index (χ2n) is 7.03. The predicted octanol–water partition coefficient (Wildman–Crippen LogP) is 3.30. The number of rotatable bonds is 7. The van der Waals surface area contributed by atoms with Crippen molar-refractivity contribution in [2.45, 2.75) is 37.5 Å². The van der Waals surface area contributed by atoms with Crippen molar-refractivity contribution in [3.8, 4) is 11.4 Å². The van der Waals surface area contributed by atoms with Crippen LogP contribution < -0.4 is 5.32 Å². The number of pyridine rings is 1. The van der Waals surface area contributed by atoms with E-state index in [1.807, 2.05) is 18.2 Å². The van der Waals surface area contributed by atoms with Gasteiger partial charge >= 0.3 is 0 Å². The monoisotopic (exact) mass is 362 g/mol. The van der Waals surface area contributed by atoms with Crippen molar-refractivity contribution in [1.29, 1.82) is 0 Å². The Bertz CT molecular complexity index is 889. The number of aryl methyl sites for hydroxylation is 1. The highest BCUT2D eigenvalue weighted by Gasteiger charge is 2.38. The fraction of sp³-hybridized carbons (Fsp3) is 0.333. The van der Waals surface area contributed by atoms with E-state index >= 15 is 0 Å². The number of carbonyl (C=O) groups is 1. The van der Waals surface area contributed by atoms with E-state index in [4.69, 9.17) is 4.52 Å². The molecule has 1 fully saturated rings. The van der Waals surface area contributed by atoms with E-state index < -0.39 is 0 Å². The molecule has 0 bridgehead atoms. The van der Waals surface area contributed by atoms with Gasteiger partial charge in [-0.1, -0.05) is 41.9 Å². The van der Waals surface area contributed by atoms with Gasteiger partial charge in [0.15, 0.2) is 0 Å². The molecule has 1 amide bonds. The Kier molecular flexibility index (Phi) is 4.96. The van der Waals surface area contributed by atoms with Crippen molar-refractivity contribution >= 4 is 5.91 Å². The van der Waals surface area contributed by atoms with Crippen molar-refractivity contribution in [3.05, 3.63) is 66.3 Å². The number of amides is 1. The quantitative estimate of drug-likeness (QED) is 0.697. The number of aromatic nitrogens is 3. The molecule has 3 aromatic rings. The van der Waals surface area contributed by atoms with E-state index in [1.54, 1.807) is 12.4 Å². The Morgan fingerprint density at radius 3 is 2.70 bits per heavy atom. The molecule has 4 rings (SSSR count). The fourth-order valence-electron chi connectivity index (χ4n) is 3.51. The molecule has 6 nitrogen and oxygen atoms in total. The van der Waals surface area contributed by atoms with Gasteiger partial charge in [0.05, 0.1) is 0 Å². The first kappa shape index (κ1) is 17.4. The minimum Gasteiger partial charge on any atom is -0.355 e. The molecule has 2 heterocycles. The standard InChI is InChI=1S/C21H22N4O2/c26-18(23-15-21(11-5-12-21)17-7-2-1-3-8-17)9-10-19-24-20(25-27-19)16-6-4-13-22-14-16/h1-4,6-8,13-14H,5,9-12,15H2,(H,23,26). The number of hydrogen-bond donors (Lipinski definition) is 1. The van der Waals surface area contributed by atoms with E-state index in [0.717, 1.165) is 18.4 Å². The lowest BCUT2D eigenvalue weighted by Gasteiger charge is -2.42. The van der Waals surface area contributed by atoms with Gasteiger partial charge in [-0.2, -0.15) is 4.98 Å². The maximum Gasteiger partial charge on any atom is 0.227 e. The summed E-state index contributed by atoms with van der Waals surface area (Å²) < 4.78 is 5.25. The maximum atomic E-state index is 12.3. The van der Waals surface area contributed by atoms with Gasteiger partial charge in [0, 0.05) is 42.8 Å². The Morgan fingerprint density at radius 1 is 1.15 bits per heavy atom. The number of nitrogens with one attached hydrogen (secondary N) is 1. The Morgan fingerprint density at radius 2 is 2.00 bits per heavy atom. The first-order chi connectivity index (χ1) is 13.3. The summed E-state index contributed by atoms with van der Waals surface area (Å²) in [5, 5.41) is 7.05. The number of hydrogen-bond acceptors (Lipinski definition) is 5. The minimum atomic E-state index is 0.0123. The van der Waals surface area contributed by atoms with Crippen molar-refractivity contribution in [2.75, 3.05) is 6.54 Å². The Hall–Kier alpha value is -3.02. The molecule has 1 aromatic carbocycles. The molecule has 0 aliphatic heterocycles.